The first-order chi connectivity index (χ1) is 10.6. The number of carbonyl (C=O) groups excluding carboxylic acids is 1. The van der Waals surface area contributed by atoms with Crippen LogP contribution in [0.3, 0.4) is 0 Å². The molecular weight excluding hydrogens is 276 g/mol. The van der Waals surface area contributed by atoms with Gasteiger partial charge >= 0.3 is 0 Å². The largest absolute Gasteiger partial charge is 0.508 e. The van der Waals surface area contributed by atoms with Gasteiger partial charge in [-0.05, 0) is 56.4 Å². The second kappa shape index (κ2) is 5.86. The summed E-state index contributed by atoms with van der Waals surface area (Å²) < 4.78 is 5.98. The molecule has 1 N–H and O–H groups in total. The number of ether oxygens (including phenoxy) is 1. The highest BCUT2D eigenvalue weighted by molar-refractivity contribution is 6.00. The summed E-state index contributed by atoms with van der Waals surface area (Å²) in [5.41, 5.74) is 6.71. The Morgan fingerprint density at radius 3 is 3.00 bits per heavy atom. The van der Waals surface area contributed by atoms with E-state index in [2.05, 4.69) is 18.4 Å². The van der Waals surface area contributed by atoms with Crippen molar-refractivity contribution < 1.29 is 14.6 Å². The molecule has 2 aliphatic rings. The summed E-state index contributed by atoms with van der Waals surface area (Å²) in [5.74, 6) is 0.754. The van der Waals surface area contributed by atoms with E-state index < -0.39 is 0 Å². The average Bonchev–Trinajstić information content (AvgIpc) is 2.51. The molecule has 0 saturated heterocycles. The lowest BCUT2D eigenvalue weighted by molar-refractivity contribution is 0.0891. The van der Waals surface area contributed by atoms with Gasteiger partial charge in [0.1, 0.15) is 17.6 Å². The monoisotopic (exact) mass is 296 g/mol. The standard InChI is InChI=1S/C19H20O3/c1-3-13-5-4-6-14(9-13)10-15-11-18(21)16-7-8-17(20)12(2)19(16)22-15/h7-8,10,15,20H,1,4-6,9,11H2,2H3/b14-10+. The predicted octanol–water partition coefficient (Wildman–Crippen LogP) is 4.25. The van der Waals surface area contributed by atoms with E-state index in [4.69, 9.17) is 4.74 Å². The molecule has 114 valence electrons. The van der Waals surface area contributed by atoms with E-state index in [1.807, 2.05) is 0 Å². The lowest BCUT2D eigenvalue weighted by Gasteiger charge is -2.26. The van der Waals surface area contributed by atoms with Crippen LogP contribution in [0.5, 0.6) is 11.5 Å². The van der Waals surface area contributed by atoms with Gasteiger partial charge in [0.2, 0.25) is 0 Å². The second-order valence-corrected chi connectivity index (χ2v) is 6.01. The Kier molecular flexibility index (Phi) is 3.91. The molecule has 0 radical (unpaired) electrons. The molecule has 1 atom stereocenters. The van der Waals surface area contributed by atoms with Crippen molar-refractivity contribution in [1.82, 2.24) is 0 Å². The summed E-state index contributed by atoms with van der Waals surface area (Å²) in [4.78, 5) is 12.3. The molecule has 1 fully saturated rings. The number of ketones is 1. The SMILES string of the molecule is C=C=C1CCC/C(=C\C2CC(=O)c3ccc(O)c(C)c3O2)C1. The third kappa shape index (κ3) is 2.72. The minimum atomic E-state index is -0.250. The number of fused-ring (bicyclic) bond motifs is 1. The van der Waals surface area contributed by atoms with Crippen LogP contribution in [0, 0.1) is 6.92 Å². The van der Waals surface area contributed by atoms with Gasteiger partial charge in [-0.1, -0.05) is 12.2 Å². The molecule has 22 heavy (non-hydrogen) atoms. The smallest absolute Gasteiger partial charge is 0.170 e. The normalized spacial score (nSPS) is 23.0. The Bertz CT molecular complexity index is 706. The van der Waals surface area contributed by atoms with Gasteiger partial charge in [0.05, 0.1) is 12.0 Å². The highest BCUT2D eigenvalue weighted by atomic mass is 16.5. The van der Waals surface area contributed by atoms with Crippen molar-refractivity contribution in [3.05, 3.63) is 52.8 Å². The fourth-order valence-corrected chi connectivity index (χ4v) is 3.17. The van der Waals surface area contributed by atoms with E-state index in [1.54, 1.807) is 19.1 Å². The van der Waals surface area contributed by atoms with Gasteiger partial charge < -0.3 is 9.84 Å². The summed E-state index contributed by atoms with van der Waals surface area (Å²) in [6.45, 7) is 5.50. The van der Waals surface area contributed by atoms with Gasteiger partial charge in [0, 0.05) is 5.56 Å². The third-order valence-electron chi connectivity index (χ3n) is 4.42. The Morgan fingerprint density at radius 2 is 2.23 bits per heavy atom. The number of rotatable bonds is 1. The number of phenolic OH excluding ortho intramolecular Hbond substituents is 1. The molecule has 3 rings (SSSR count). The molecule has 0 bridgehead atoms. The van der Waals surface area contributed by atoms with Gasteiger partial charge in [-0.25, -0.2) is 0 Å². The topological polar surface area (TPSA) is 46.5 Å². The van der Waals surface area contributed by atoms with E-state index in [1.165, 1.54) is 11.1 Å². The number of allylic oxidation sites excluding steroid dienone is 2. The first-order valence-electron chi connectivity index (χ1n) is 7.68. The number of Topliss-reactive ketones (excluding diaryl/α,β-unsaturated/α-hetero) is 1. The molecule has 0 amide bonds. The van der Waals surface area contributed by atoms with Crippen molar-refractivity contribution in [3.8, 4) is 11.5 Å². The maximum absolute atomic E-state index is 12.3. The van der Waals surface area contributed by atoms with Crippen molar-refractivity contribution in [2.75, 3.05) is 0 Å². The number of hydrogen-bond acceptors (Lipinski definition) is 3. The fraction of sp³-hybridized carbons (Fsp3) is 0.368. The highest BCUT2D eigenvalue weighted by Gasteiger charge is 2.28. The van der Waals surface area contributed by atoms with E-state index in [0.717, 1.165) is 25.7 Å². The van der Waals surface area contributed by atoms with Crippen LogP contribution in [0.1, 0.15) is 48.0 Å². The molecule has 1 unspecified atom stereocenters. The quantitative estimate of drug-likeness (QED) is 0.622. The molecule has 1 aromatic carbocycles. The van der Waals surface area contributed by atoms with Crippen LogP contribution in [0.4, 0.5) is 0 Å². The fourth-order valence-electron chi connectivity index (χ4n) is 3.17. The maximum Gasteiger partial charge on any atom is 0.170 e. The Balaban J connectivity index is 1.87. The van der Waals surface area contributed by atoms with E-state index in [9.17, 15) is 9.90 Å². The lowest BCUT2D eigenvalue weighted by atomic mass is 9.88. The van der Waals surface area contributed by atoms with Gasteiger partial charge in [-0.15, -0.1) is 5.73 Å². The molecule has 0 spiro atoms. The van der Waals surface area contributed by atoms with Crippen molar-refractivity contribution in [1.29, 1.82) is 0 Å². The zero-order valence-electron chi connectivity index (χ0n) is 12.8. The summed E-state index contributed by atoms with van der Waals surface area (Å²) in [7, 11) is 0. The Hall–Kier alpha value is -2.25. The first kappa shape index (κ1) is 14.7. The first-order valence-corrected chi connectivity index (χ1v) is 7.68. The number of carbonyl (C=O) groups is 1. The van der Waals surface area contributed by atoms with E-state index in [-0.39, 0.29) is 17.6 Å². The van der Waals surface area contributed by atoms with Crippen LogP contribution in [-0.2, 0) is 0 Å². The van der Waals surface area contributed by atoms with Gasteiger partial charge in [-0.2, -0.15) is 0 Å². The number of aromatic hydroxyl groups is 1. The summed E-state index contributed by atoms with van der Waals surface area (Å²) in [6, 6.07) is 3.19. The van der Waals surface area contributed by atoms with Crippen molar-refractivity contribution in [3.63, 3.8) is 0 Å². The summed E-state index contributed by atoms with van der Waals surface area (Å²) >= 11 is 0. The molecule has 1 aliphatic carbocycles. The minimum Gasteiger partial charge on any atom is -0.508 e. The molecule has 1 aliphatic heterocycles. The van der Waals surface area contributed by atoms with Crippen LogP contribution in [0.2, 0.25) is 0 Å². The zero-order valence-corrected chi connectivity index (χ0v) is 12.8. The van der Waals surface area contributed by atoms with Crippen molar-refractivity contribution in [2.45, 2.75) is 45.1 Å². The number of phenols is 1. The van der Waals surface area contributed by atoms with Crippen LogP contribution >= 0.6 is 0 Å². The Morgan fingerprint density at radius 1 is 1.41 bits per heavy atom. The van der Waals surface area contributed by atoms with Crippen LogP contribution in [0.25, 0.3) is 0 Å². The average molecular weight is 296 g/mol. The molecule has 0 aromatic heterocycles. The predicted molar refractivity (Wildman–Crippen MR) is 85.4 cm³/mol. The van der Waals surface area contributed by atoms with E-state index >= 15 is 0 Å². The molecule has 1 aromatic rings. The van der Waals surface area contributed by atoms with Crippen molar-refractivity contribution in [2.24, 2.45) is 0 Å². The van der Waals surface area contributed by atoms with Gasteiger partial charge in [0.25, 0.3) is 0 Å². The Labute approximate surface area is 130 Å². The zero-order chi connectivity index (χ0) is 15.7. The van der Waals surface area contributed by atoms with E-state index in [0.29, 0.717) is 23.3 Å². The van der Waals surface area contributed by atoms with Gasteiger partial charge in [0.15, 0.2) is 5.78 Å². The maximum atomic E-state index is 12.3. The second-order valence-electron chi connectivity index (χ2n) is 6.01. The van der Waals surface area contributed by atoms with Gasteiger partial charge in [-0.3, -0.25) is 4.79 Å². The third-order valence-corrected chi connectivity index (χ3v) is 4.42. The van der Waals surface area contributed by atoms with Crippen molar-refractivity contribution >= 4 is 5.78 Å². The summed E-state index contributed by atoms with van der Waals surface area (Å²) in [5, 5.41) is 9.81. The molecular formula is C19H20O3. The lowest BCUT2D eigenvalue weighted by Crippen LogP contribution is -2.26. The van der Waals surface area contributed by atoms with Crippen LogP contribution in [-0.4, -0.2) is 17.0 Å². The summed E-state index contributed by atoms with van der Waals surface area (Å²) in [6.07, 6.45) is 6.24. The van der Waals surface area contributed by atoms with Crippen LogP contribution < -0.4 is 4.74 Å². The van der Waals surface area contributed by atoms with Crippen LogP contribution in [0.15, 0.2) is 41.7 Å². The molecule has 3 nitrogen and oxygen atoms in total. The number of benzene rings is 1. The highest BCUT2D eigenvalue weighted by Crippen LogP contribution is 2.37. The number of hydrogen-bond donors (Lipinski definition) is 1. The molecule has 3 heteroatoms. The molecule has 1 saturated carbocycles. The minimum absolute atomic E-state index is 0.0708. The molecule has 1 heterocycles.